The zero-order valence-electron chi connectivity index (χ0n) is 10.7. The standard InChI is InChI=1S/C13H16N2O3/c1-4-12-8(2)14-15(9(12)3)6-11-5-10(7-18-11)13(16)17/h5,7H,4,6H2,1-3H3,(H,16,17). The van der Waals surface area contributed by atoms with Crippen molar-refractivity contribution < 1.29 is 14.3 Å². The van der Waals surface area contributed by atoms with E-state index in [1.165, 1.54) is 17.9 Å². The van der Waals surface area contributed by atoms with Gasteiger partial charge in [-0.25, -0.2) is 4.79 Å². The lowest BCUT2D eigenvalue weighted by Crippen LogP contribution is -2.03. The highest BCUT2D eigenvalue weighted by Gasteiger charge is 2.13. The average molecular weight is 248 g/mol. The zero-order valence-corrected chi connectivity index (χ0v) is 10.7. The van der Waals surface area contributed by atoms with Gasteiger partial charge in [0, 0.05) is 5.69 Å². The SMILES string of the molecule is CCc1c(C)nn(Cc2cc(C(=O)O)co2)c1C. The number of nitrogens with zero attached hydrogens (tertiary/aromatic N) is 2. The fourth-order valence-corrected chi connectivity index (χ4v) is 2.12. The van der Waals surface area contributed by atoms with Crippen molar-refractivity contribution in [1.29, 1.82) is 0 Å². The normalized spacial score (nSPS) is 10.8. The monoisotopic (exact) mass is 248 g/mol. The van der Waals surface area contributed by atoms with Gasteiger partial charge < -0.3 is 9.52 Å². The van der Waals surface area contributed by atoms with Gasteiger partial charge in [-0.15, -0.1) is 0 Å². The van der Waals surface area contributed by atoms with Gasteiger partial charge in [0.25, 0.3) is 0 Å². The van der Waals surface area contributed by atoms with Crippen LogP contribution in [0.3, 0.4) is 0 Å². The van der Waals surface area contributed by atoms with E-state index in [-0.39, 0.29) is 5.56 Å². The number of carbonyl (C=O) groups is 1. The van der Waals surface area contributed by atoms with Gasteiger partial charge >= 0.3 is 5.97 Å². The second-order valence-electron chi connectivity index (χ2n) is 4.27. The van der Waals surface area contributed by atoms with E-state index >= 15 is 0 Å². The summed E-state index contributed by atoms with van der Waals surface area (Å²) in [5, 5.41) is 13.3. The third-order valence-corrected chi connectivity index (χ3v) is 3.09. The first-order chi connectivity index (χ1) is 8.52. The maximum absolute atomic E-state index is 10.8. The highest BCUT2D eigenvalue weighted by molar-refractivity contribution is 5.87. The maximum Gasteiger partial charge on any atom is 0.338 e. The first-order valence-corrected chi connectivity index (χ1v) is 5.86. The van der Waals surface area contributed by atoms with Gasteiger partial charge in [-0.05, 0) is 31.9 Å². The maximum atomic E-state index is 10.8. The Bertz CT molecular complexity index is 581. The fourth-order valence-electron chi connectivity index (χ4n) is 2.12. The molecule has 2 heterocycles. The van der Waals surface area contributed by atoms with Crippen LogP contribution in [0, 0.1) is 13.8 Å². The lowest BCUT2D eigenvalue weighted by Gasteiger charge is -2.02. The van der Waals surface area contributed by atoms with Crippen molar-refractivity contribution in [3.63, 3.8) is 0 Å². The van der Waals surface area contributed by atoms with Crippen molar-refractivity contribution in [2.24, 2.45) is 0 Å². The molecule has 0 aliphatic carbocycles. The summed E-state index contributed by atoms with van der Waals surface area (Å²) in [6.07, 6.45) is 2.19. The molecule has 0 saturated carbocycles. The van der Waals surface area contributed by atoms with Crippen LogP contribution in [0.1, 0.15) is 40.0 Å². The summed E-state index contributed by atoms with van der Waals surface area (Å²) in [7, 11) is 0. The van der Waals surface area contributed by atoms with Gasteiger partial charge in [0.2, 0.25) is 0 Å². The molecule has 0 fully saturated rings. The molecule has 0 unspecified atom stereocenters. The topological polar surface area (TPSA) is 68.3 Å². The van der Waals surface area contributed by atoms with E-state index in [2.05, 4.69) is 12.0 Å². The van der Waals surface area contributed by atoms with Gasteiger partial charge in [0.05, 0.1) is 17.8 Å². The molecule has 0 saturated heterocycles. The van der Waals surface area contributed by atoms with Crippen molar-refractivity contribution in [3.05, 3.63) is 40.6 Å². The average Bonchev–Trinajstić information content (AvgIpc) is 2.86. The molecule has 2 aromatic heterocycles. The molecule has 0 bridgehead atoms. The predicted molar refractivity (Wildman–Crippen MR) is 65.8 cm³/mol. The number of carboxylic acids is 1. The molecule has 0 aliphatic rings. The van der Waals surface area contributed by atoms with Crippen LogP contribution in [-0.4, -0.2) is 20.9 Å². The number of aromatic carboxylic acids is 1. The molecule has 0 amide bonds. The van der Waals surface area contributed by atoms with Crippen LogP contribution in [0.2, 0.25) is 0 Å². The summed E-state index contributed by atoms with van der Waals surface area (Å²) < 4.78 is 7.07. The van der Waals surface area contributed by atoms with Crippen LogP contribution >= 0.6 is 0 Å². The molecule has 5 heteroatoms. The first-order valence-electron chi connectivity index (χ1n) is 5.86. The van der Waals surface area contributed by atoms with Crippen LogP contribution in [0.15, 0.2) is 16.7 Å². The Kier molecular flexibility index (Phi) is 3.23. The summed E-state index contributed by atoms with van der Waals surface area (Å²) in [5.74, 6) is -0.381. The third kappa shape index (κ3) is 2.16. The molecule has 18 heavy (non-hydrogen) atoms. The van der Waals surface area contributed by atoms with Crippen molar-refractivity contribution in [1.82, 2.24) is 9.78 Å². The van der Waals surface area contributed by atoms with E-state index in [0.29, 0.717) is 12.3 Å². The van der Waals surface area contributed by atoms with E-state index in [1.54, 1.807) is 0 Å². The Balaban J connectivity index is 2.25. The number of rotatable bonds is 4. The van der Waals surface area contributed by atoms with Crippen molar-refractivity contribution in [2.75, 3.05) is 0 Å². The molecule has 2 rings (SSSR count). The summed E-state index contributed by atoms with van der Waals surface area (Å²) in [4.78, 5) is 10.8. The third-order valence-electron chi connectivity index (χ3n) is 3.09. The number of furan rings is 1. The minimum absolute atomic E-state index is 0.169. The van der Waals surface area contributed by atoms with Crippen LogP contribution in [0.5, 0.6) is 0 Å². The van der Waals surface area contributed by atoms with Gasteiger partial charge in [-0.1, -0.05) is 6.92 Å². The lowest BCUT2D eigenvalue weighted by molar-refractivity contribution is 0.0696. The summed E-state index contributed by atoms with van der Waals surface area (Å²) in [6.45, 7) is 6.55. The Morgan fingerprint density at radius 1 is 1.50 bits per heavy atom. The highest BCUT2D eigenvalue weighted by atomic mass is 16.4. The molecule has 5 nitrogen and oxygen atoms in total. The largest absolute Gasteiger partial charge is 0.478 e. The highest BCUT2D eigenvalue weighted by Crippen LogP contribution is 2.16. The summed E-state index contributed by atoms with van der Waals surface area (Å²) in [6, 6.07) is 1.53. The Labute approximate surface area is 105 Å². The first kappa shape index (κ1) is 12.4. The predicted octanol–water partition coefficient (Wildman–Crippen LogP) is 2.40. The van der Waals surface area contributed by atoms with E-state index in [1.807, 2.05) is 18.5 Å². The minimum Gasteiger partial charge on any atom is -0.478 e. The zero-order chi connectivity index (χ0) is 13.3. The summed E-state index contributed by atoms with van der Waals surface area (Å²) >= 11 is 0. The van der Waals surface area contributed by atoms with Crippen molar-refractivity contribution in [2.45, 2.75) is 33.7 Å². The van der Waals surface area contributed by atoms with Crippen LogP contribution < -0.4 is 0 Å². The number of carboxylic acid groups (broad SMARTS) is 1. The van der Waals surface area contributed by atoms with Gasteiger partial charge in [0.15, 0.2) is 0 Å². The molecule has 1 N–H and O–H groups in total. The lowest BCUT2D eigenvalue weighted by atomic mass is 10.1. The minimum atomic E-state index is -0.979. The molecule has 2 aromatic rings. The van der Waals surface area contributed by atoms with E-state index < -0.39 is 5.97 Å². The molecular formula is C13H16N2O3. The second kappa shape index (κ2) is 4.68. The molecule has 0 radical (unpaired) electrons. The number of hydrogen-bond donors (Lipinski definition) is 1. The number of aryl methyl sites for hydroxylation is 1. The fraction of sp³-hybridized carbons (Fsp3) is 0.385. The second-order valence-corrected chi connectivity index (χ2v) is 4.27. The van der Waals surface area contributed by atoms with Crippen LogP contribution in [-0.2, 0) is 13.0 Å². The Morgan fingerprint density at radius 3 is 2.72 bits per heavy atom. The van der Waals surface area contributed by atoms with Crippen molar-refractivity contribution in [3.8, 4) is 0 Å². The Hall–Kier alpha value is -2.04. The van der Waals surface area contributed by atoms with E-state index in [9.17, 15) is 4.79 Å². The molecule has 0 spiro atoms. The molecule has 96 valence electrons. The van der Waals surface area contributed by atoms with Crippen molar-refractivity contribution >= 4 is 5.97 Å². The Morgan fingerprint density at radius 2 is 2.22 bits per heavy atom. The van der Waals surface area contributed by atoms with Gasteiger partial charge in [-0.2, -0.15) is 5.10 Å². The van der Waals surface area contributed by atoms with Crippen LogP contribution in [0.4, 0.5) is 0 Å². The molecule has 0 atom stereocenters. The molecular weight excluding hydrogens is 232 g/mol. The van der Waals surface area contributed by atoms with E-state index in [0.717, 1.165) is 17.8 Å². The molecule has 0 aromatic carbocycles. The number of aromatic nitrogens is 2. The van der Waals surface area contributed by atoms with Crippen LogP contribution in [0.25, 0.3) is 0 Å². The van der Waals surface area contributed by atoms with Gasteiger partial charge in [0.1, 0.15) is 12.0 Å². The quantitative estimate of drug-likeness (QED) is 0.902. The molecule has 0 aliphatic heterocycles. The van der Waals surface area contributed by atoms with Gasteiger partial charge in [-0.3, -0.25) is 4.68 Å². The number of hydrogen-bond acceptors (Lipinski definition) is 3. The summed E-state index contributed by atoms with van der Waals surface area (Å²) in [5.41, 5.74) is 3.52. The van der Waals surface area contributed by atoms with E-state index in [4.69, 9.17) is 9.52 Å². The smallest absolute Gasteiger partial charge is 0.338 e.